The number of amides is 2. The van der Waals surface area contributed by atoms with E-state index in [1.54, 1.807) is 42.5 Å². The van der Waals surface area contributed by atoms with Crippen LogP contribution in [0.4, 0.5) is 24.5 Å². The second-order valence-corrected chi connectivity index (χ2v) is 8.21. The monoisotopic (exact) mass is 472 g/mol. The summed E-state index contributed by atoms with van der Waals surface area (Å²) in [7, 11) is 0. The van der Waals surface area contributed by atoms with Crippen molar-refractivity contribution >= 4 is 34.8 Å². The molecule has 0 spiro atoms. The lowest BCUT2D eigenvalue weighted by atomic mass is 9.89. The summed E-state index contributed by atoms with van der Waals surface area (Å²) < 4.78 is 40.2. The van der Waals surface area contributed by atoms with Gasteiger partial charge in [0.15, 0.2) is 6.10 Å². The molecule has 2 aliphatic heterocycles. The first-order valence-corrected chi connectivity index (χ1v) is 10.4. The van der Waals surface area contributed by atoms with E-state index >= 15 is 0 Å². The Kier molecular flexibility index (Phi) is 5.14. The number of fused-ring (bicyclic) bond motifs is 1. The quantitative estimate of drug-likeness (QED) is 0.478. The number of hydrogen-bond acceptors (Lipinski definition) is 4. The van der Waals surface area contributed by atoms with Crippen molar-refractivity contribution in [3.8, 4) is 0 Å². The van der Waals surface area contributed by atoms with Crippen LogP contribution in [0.5, 0.6) is 0 Å². The molecule has 2 amide bonds. The molecule has 2 heterocycles. The van der Waals surface area contributed by atoms with E-state index in [2.05, 4.69) is 0 Å². The Balaban J connectivity index is 1.60. The molecule has 0 bridgehead atoms. The second-order valence-electron chi connectivity index (χ2n) is 7.77. The Hall–Kier alpha value is -3.36. The van der Waals surface area contributed by atoms with Gasteiger partial charge in [0.05, 0.1) is 23.0 Å². The molecule has 33 heavy (non-hydrogen) atoms. The topological polar surface area (TPSA) is 49.9 Å². The molecule has 2 aliphatic rings. The van der Waals surface area contributed by atoms with Gasteiger partial charge in [-0.25, -0.2) is 9.96 Å². The number of para-hydroxylation sites is 1. The zero-order chi connectivity index (χ0) is 23.3. The molecule has 2 saturated heterocycles. The smallest absolute Gasteiger partial charge is 0.273 e. The summed E-state index contributed by atoms with van der Waals surface area (Å²) in [6.45, 7) is 0. The number of carbonyl (C=O) groups excluding carboxylic acids is 2. The third-order valence-electron chi connectivity index (χ3n) is 5.77. The largest absolute Gasteiger partial charge is 0.416 e. The van der Waals surface area contributed by atoms with Crippen LogP contribution in [0.3, 0.4) is 0 Å². The fraction of sp³-hybridized carbons (Fsp3) is 0.167. The predicted molar refractivity (Wildman–Crippen MR) is 115 cm³/mol. The molecular weight excluding hydrogens is 457 g/mol. The molecule has 0 aromatic heterocycles. The number of nitrogens with zero attached hydrogens (tertiary/aromatic N) is 2. The van der Waals surface area contributed by atoms with Gasteiger partial charge in [0.2, 0.25) is 5.91 Å². The summed E-state index contributed by atoms with van der Waals surface area (Å²) in [4.78, 5) is 33.6. The average molecular weight is 473 g/mol. The molecule has 0 N–H and O–H groups in total. The van der Waals surface area contributed by atoms with Crippen LogP contribution in [0.15, 0.2) is 78.9 Å². The van der Waals surface area contributed by atoms with Gasteiger partial charge in [0, 0.05) is 5.02 Å². The lowest BCUT2D eigenvalue weighted by Gasteiger charge is -2.29. The summed E-state index contributed by atoms with van der Waals surface area (Å²) >= 11 is 5.92. The SMILES string of the molecule is O=C1[C@@H]2[C@@H](ON(c3ccccc3)[C@H]2c2cccc(C(F)(F)F)c2)C(=O)N1c1ccc(Cl)cc1. The summed E-state index contributed by atoms with van der Waals surface area (Å²) in [6.07, 6.45) is -5.73. The van der Waals surface area contributed by atoms with E-state index in [1.165, 1.54) is 29.3 Å². The lowest BCUT2D eigenvalue weighted by molar-refractivity contribution is -0.137. The standard InChI is InChI=1S/C24H16ClF3N2O3/c25-16-9-11-17(12-10-16)29-22(31)19-20(14-5-4-6-15(13-14)24(26,27)28)30(33-21(19)23(29)32)18-7-2-1-3-8-18/h1-13,19-21H/t19-,20-,21+/m0/s1. The molecule has 0 saturated carbocycles. The van der Waals surface area contributed by atoms with E-state index < -0.39 is 41.6 Å². The van der Waals surface area contributed by atoms with Gasteiger partial charge in [-0.1, -0.05) is 41.9 Å². The minimum Gasteiger partial charge on any atom is -0.273 e. The highest BCUT2D eigenvalue weighted by Gasteiger charge is 2.60. The van der Waals surface area contributed by atoms with Crippen LogP contribution in [-0.4, -0.2) is 17.9 Å². The number of carbonyl (C=O) groups is 2. The molecule has 2 fully saturated rings. The van der Waals surface area contributed by atoms with Crippen molar-refractivity contribution in [3.05, 3.63) is 95.0 Å². The average Bonchev–Trinajstić information content (AvgIpc) is 3.31. The first-order chi connectivity index (χ1) is 15.8. The van der Waals surface area contributed by atoms with Crippen molar-refractivity contribution in [2.24, 2.45) is 5.92 Å². The van der Waals surface area contributed by atoms with E-state index in [-0.39, 0.29) is 5.56 Å². The molecule has 5 nitrogen and oxygen atoms in total. The van der Waals surface area contributed by atoms with Gasteiger partial charge >= 0.3 is 6.18 Å². The Morgan fingerprint density at radius 2 is 1.52 bits per heavy atom. The van der Waals surface area contributed by atoms with Gasteiger partial charge in [0.1, 0.15) is 5.92 Å². The summed E-state index contributed by atoms with van der Waals surface area (Å²) in [5.41, 5.74) is 0.220. The van der Waals surface area contributed by atoms with Gasteiger partial charge in [-0.2, -0.15) is 13.2 Å². The highest BCUT2D eigenvalue weighted by atomic mass is 35.5. The maximum absolute atomic E-state index is 13.5. The number of anilines is 2. The highest BCUT2D eigenvalue weighted by Crippen LogP contribution is 2.48. The van der Waals surface area contributed by atoms with Crippen LogP contribution < -0.4 is 9.96 Å². The number of benzene rings is 3. The molecule has 3 aromatic rings. The summed E-state index contributed by atoms with van der Waals surface area (Å²) in [5.74, 6) is -2.16. The Labute approximate surface area is 191 Å². The molecule has 3 aromatic carbocycles. The predicted octanol–water partition coefficient (Wildman–Crippen LogP) is 5.41. The number of imide groups is 1. The number of hydrogen-bond donors (Lipinski definition) is 0. The normalized spacial score (nSPS) is 22.7. The number of rotatable bonds is 3. The van der Waals surface area contributed by atoms with Gasteiger partial charge in [-0.15, -0.1) is 0 Å². The highest BCUT2D eigenvalue weighted by molar-refractivity contribution is 6.31. The minimum absolute atomic E-state index is 0.222. The maximum atomic E-state index is 13.5. The van der Waals surface area contributed by atoms with Crippen LogP contribution in [0, 0.1) is 5.92 Å². The summed E-state index contributed by atoms with van der Waals surface area (Å²) in [6, 6.07) is 18.6. The minimum atomic E-state index is -4.56. The van der Waals surface area contributed by atoms with Gasteiger partial charge < -0.3 is 0 Å². The number of halogens is 4. The van der Waals surface area contributed by atoms with Crippen molar-refractivity contribution < 1.29 is 27.6 Å². The third-order valence-corrected chi connectivity index (χ3v) is 6.02. The zero-order valence-corrected chi connectivity index (χ0v) is 17.6. The molecule has 5 rings (SSSR count). The molecule has 3 atom stereocenters. The van der Waals surface area contributed by atoms with Crippen LogP contribution in [-0.2, 0) is 20.6 Å². The van der Waals surface area contributed by atoms with Crippen LogP contribution in [0.2, 0.25) is 5.02 Å². The van der Waals surface area contributed by atoms with Gasteiger partial charge in [-0.3, -0.25) is 14.4 Å². The van der Waals surface area contributed by atoms with Crippen molar-refractivity contribution in [2.75, 3.05) is 9.96 Å². The lowest BCUT2D eigenvalue weighted by Crippen LogP contribution is -2.37. The van der Waals surface area contributed by atoms with E-state index in [9.17, 15) is 22.8 Å². The van der Waals surface area contributed by atoms with Gasteiger partial charge in [-0.05, 0) is 54.1 Å². The van der Waals surface area contributed by atoms with E-state index in [4.69, 9.17) is 16.4 Å². The first kappa shape index (κ1) is 21.5. The molecular formula is C24H16ClF3N2O3. The summed E-state index contributed by atoms with van der Waals surface area (Å²) in [5, 5.41) is 1.80. The molecule has 0 radical (unpaired) electrons. The van der Waals surface area contributed by atoms with E-state index in [1.807, 2.05) is 0 Å². The zero-order valence-electron chi connectivity index (χ0n) is 16.9. The van der Waals surface area contributed by atoms with E-state index in [0.29, 0.717) is 16.4 Å². The molecule has 168 valence electrons. The maximum Gasteiger partial charge on any atom is 0.416 e. The fourth-order valence-electron chi connectivity index (χ4n) is 4.30. The van der Waals surface area contributed by atoms with Crippen molar-refractivity contribution in [1.29, 1.82) is 0 Å². The van der Waals surface area contributed by atoms with E-state index in [0.717, 1.165) is 17.0 Å². The number of alkyl halides is 3. The van der Waals surface area contributed by atoms with Crippen molar-refractivity contribution in [1.82, 2.24) is 0 Å². The Morgan fingerprint density at radius 1 is 0.818 bits per heavy atom. The van der Waals surface area contributed by atoms with Crippen LogP contribution in [0.1, 0.15) is 17.2 Å². The van der Waals surface area contributed by atoms with Gasteiger partial charge in [0.25, 0.3) is 5.91 Å². The van der Waals surface area contributed by atoms with Crippen molar-refractivity contribution in [3.63, 3.8) is 0 Å². The fourth-order valence-corrected chi connectivity index (χ4v) is 4.42. The third kappa shape index (κ3) is 3.65. The first-order valence-electron chi connectivity index (χ1n) is 10.1. The molecule has 0 aliphatic carbocycles. The molecule has 0 unspecified atom stereocenters. The van der Waals surface area contributed by atoms with Crippen molar-refractivity contribution in [2.45, 2.75) is 18.3 Å². The molecule has 9 heteroatoms. The Morgan fingerprint density at radius 3 is 2.18 bits per heavy atom. The Bertz CT molecular complexity index is 1220. The number of hydroxylamine groups is 1. The van der Waals surface area contributed by atoms with Crippen LogP contribution in [0.25, 0.3) is 0 Å². The van der Waals surface area contributed by atoms with Crippen LogP contribution >= 0.6 is 11.6 Å². The second kappa shape index (κ2) is 7.90.